The Balaban J connectivity index is 1.57. The van der Waals surface area contributed by atoms with Gasteiger partial charge >= 0.3 is 0 Å². The molecule has 2 aliphatic rings. The van der Waals surface area contributed by atoms with Crippen molar-refractivity contribution in [3.63, 3.8) is 0 Å². The number of halogens is 1. The molecule has 164 valence electrons. The number of Topliss-reactive ketones (excluding diaryl/α,β-unsaturated/α-hetero) is 1. The van der Waals surface area contributed by atoms with Crippen molar-refractivity contribution in [1.29, 1.82) is 0 Å². The Hall–Kier alpha value is -3.25. The van der Waals surface area contributed by atoms with Crippen molar-refractivity contribution in [3.05, 3.63) is 81.1 Å². The number of ether oxygens (including phenoxy) is 2. The van der Waals surface area contributed by atoms with Gasteiger partial charge in [-0.15, -0.1) is 0 Å². The number of nitrogens with one attached hydrogen (secondary N) is 1. The highest BCUT2D eigenvalue weighted by molar-refractivity contribution is 6.30. The number of aromatic nitrogens is 1. The van der Waals surface area contributed by atoms with Gasteiger partial charge in [0.25, 0.3) is 0 Å². The number of carbonyl (C=O) groups is 1. The minimum absolute atomic E-state index is 0.0185. The van der Waals surface area contributed by atoms with E-state index in [9.17, 15) is 4.79 Å². The first kappa shape index (κ1) is 20.6. The molecular formula is C25H23ClN2O4. The molecule has 0 radical (unpaired) electrons. The topological polar surface area (TPSA) is 73.6 Å². The second-order valence-electron chi connectivity index (χ2n) is 8.16. The van der Waals surface area contributed by atoms with E-state index < -0.39 is 0 Å². The molecule has 0 spiro atoms. The molecule has 3 aromatic rings. The van der Waals surface area contributed by atoms with Crippen LogP contribution >= 0.6 is 11.6 Å². The molecular weight excluding hydrogens is 428 g/mol. The van der Waals surface area contributed by atoms with Crippen molar-refractivity contribution in [2.24, 2.45) is 0 Å². The number of ketones is 1. The van der Waals surface area contributed by atoms with E-state index in [4.69, 9.17) is 25.6 Å². The summed E-state index contributed by atoms with van der Waals surface area (Å²) in [4.78, 5) is 13.6. The van der Waals surface area contributed by atoms with Crippen LogP contribution in [0.25, 0.3) is 0 Å². The van der Waals surface area contributed by atoms with Gasteiger partial charge in [-0.05, 0) is 54.7 Å². The van der Waals surface area contributed by atoms with Crippen LogP contribution in [0.15, 0.2) is 58.3 Å². The summed E-state index contributed by atoms with van der Waals surface area (Å²) in [5, 5.41) is 8.18. The molecule has 5 rings (SSSR count). The highest BCUT2D eigenvalue weighted by Crippen LogP contribution is 2.49. The molecule has 0 amide bonds. The Bertz CT molecular complexity index is 1230. The van der Waals surface area contributed by atoms with E-state index in [1.165, 1.54) is 0 Å². The quantitative estimate of drug-likeness (QED) is 0.556. The third kappa shape index (κ3) is 3.35. The Labute approximate surface area is 191 Å². The number of rotatable bonds is 4. The fraction of sp³-hybridized carbons (Fsp3) is 0.280. The molecule has 0 saturated carbocycles. The average molecular weight is 451 g/mol. The molecule has 7 heteroatoms. The standard InChI is InChI=1S/C25H23ClN2O4/c1-13-22-23(14-4-7-17(26)8-5-14)24-18(27-25(22)32-28-13)10-16(11-19(24)29)15-6-9-20(30-2)21(12-15)31-3/h4-9,12,16,23,27H,10-11H2,1-3H3. The van der Waals surface area contributed by atoms with Crippen molar-refractivity contribution in [3.8, 4) is 11.5 Å². The fourth-order valence-corrected chi connectivity index (χ4v) is 4.93. The molecule has 2 aromatic carbocycles. The first-order chi connectivity index (χ1) is 15.5. The second-order valence-corrected chi connectivity index (χ2v) is 8.59. The van der Waals surface area contributed by atoms with E-state index in [-0.39, 0.29) is 17.6 Å². The number of methoxy groups -OCH3 is 2. The van der Waals surface area contributed by atoms with E-state index in [1.54, 1.807) is 14.2 Å². The van der Waals surface area contributed by atoms with Gasteiger partial charge in [0.2, 0.25) is 5.88 Å². The number of aryl methyl sites for hydroxylation is 1. The third-order valence-electron chi connectivity index (χ3n) is 6.34. The summed E-state index contributed by atoms with van der Waals surface area (Å²) < 4.78 is 16.4. The molecule has 1 N–H and O–H groups in total. The molecule has 2 heterocycles. The minimum atomic E-state index is -0.233. The monoisotopic (exact) mass is 450 g/mol. The van der Waals surface area contributed by atoms with Crippen LogP contribution in [0.3, 0.4) is 0 Å². The molecule has 6 nitrogen and oxygen atoms in total. The molecule has 1 aliphatic heterocycles. The fourth-order valence-electron chi connectivity index (χ4n) is 4.80. The van der Waals surface area contributed by atoms with Gasteiger partial charge in [-0.25, -0.2) is 0 Å². The number of hydrogen-bond donors (Lipinski definition) is 1. The van der Waals surface area contributed by atoms with Crippen LogP contribution < -0.4 is 14.8 Å². The Morgan fingerprint density at radius 2 is 1.75 bits per heavy atom. The first-order valence-electron chi connectivity index (χ1n) is 10.5. The summed E-state index contributed by atoms with van der Waals surface area (Å²) in [6.07, 6.45) is 1.10. The van der Waals surface area contributed by atoms with Crippen molar-refractivity contribution in [2.75, 3.05) is 19.5 Å². The Kier molecular flexibility index (Phi) is 5.18. The molecule has 0 bridgehead atoms. The van der Waals surface area contributed by atoms with E-state index in [0.717, 1.165) is 33.7 Å². The van der Waals surface area contributed by atoms with Crippen LogP contribution in [0.1, 0.15) is 47.1 Å². The van der Waals surface area contributed by atoms with Crippen LogP contribution in [0, 0.1) is 6.92 Å². The number of anilines is 1. The second kappa shape index (κ2) is 8.02. The SMILES string of the molecule is COc1ccc(C2CC(=O)C3=C(C2)Nc2onc(C)c2C3c2ccc(Cl)cc2)cc1OC. The normalized spacial score (nSPS) is 19.8. The lowest BCUT2D eigenvalue weighted by Crippen LogP contribution is -2.29. The molecule has 32 heavy (non-hydrogen) atoms. The molecule has 2 atom stereocenters. The molecule has 0 fully saturated rings. The number of nitrogens with zero attached hydrogens (tertiary/aromatic N) is 1. The first-order valence-corrected chi connectivity index (χ1v) is 10.8. The van der Waals surface area contributed by atoms with Crippen LogP contribution in [0.2, 0.25) is 5.02 Å². The highest BCUT2D eigenvalue weighted by Gasteiger charge is 2.41. The van der Waals surface area contributed by atoms with Gasteiger partial charge in [-0.2, -0.15) is 0 Å². The lowest BCUT2D eigenvalue weighted by molar-refractivity contribution is -0.116. The summed E-state index contributed by atoms with van der Waals surface area (Å²) in [5.41, 5.74) is 5.37. The zero-order valence-corrected chi connectivity index (χ0v) is 18.8. The van der Waals surface area contributed by atoms with Gasteiger partial charge in [-0.3, -0.25) is 4.79 Å². The predicted octanol–water partition coefficient (Wildman–Crippen LogP) is 5.61. The maximum absolute atomic E-state index is 13.6. The number of carbonyl (C=O) groups excluding carboxylic acids is 1. The predicted molar refractivity (Wildman–Crippen MR) is 122 cm³/mol. The van der Waals surface area contributed by atoms with Gasteiger partial charge in [0.1, 0.15) is 0 Å². The van der Waals surface area contributed by atoms with E-state index in [2.05, 4.69) is 10.5 Å². The maximum Gasteiger partial charge on any atom is 0.233 e. The smallest absolute Gasteiger partial charge is 0.233 e. The number of benzene rings is 2. The molecule has 2 unspecified atom stereocenters. The summed E-state index contributed by atoms with van der Waals surface area (Å²) in [6, 6.07) is 13.5. The number of allylic oxidation sites excluding steroid dienone is 2. The zero-order valence-electron chi connectivity index (χ0n) is 18.1. The van der Waals surface area contributed by atoms with Crippen LogP contribution in [-0.2, 0) is 4.79 Å². The lowest BCUT2D eigenvalue weighted by atomic mass is 9.72. The number of fused-ring (bicyclic) bond motifs is 1. The summed E-state index contributed by atoms with van der Waals surface area (Å²) in [5.74, 6) is 1.82. The van der Waals surface area contributed by atoms with Gasteiger partial charge < -0.3 is 19.3 Å². The van der Waals surface area contributed by atoms with E-state index in [0.29, 0.717) is 35.2 Å². The third-order valence-corrected chi connectivity index (χ3v) is 6.59. The summed E-state index contributed by atoms with van der Waals surface area (Å²) >= 11 is 6.12. The van der Waals surface area contributed by atoms with Crippen LogP contribution in [-0.4, -0.2) is 25.2 Å². The van der Waals surface area contributed by atoms with Gasteiger partial charge in [0.05, 0.1) is 25.5 Å². The Morgan fingerprint density at radius 1 is 1.03 bits per heavy atom. The van der Waals surface area contributed by atoms with Crippen molar-refractivity contribution >= 4 is 23.3 Å². The van der Waals surface area contributed by atoms with Crippen molar-refractivity contribution in [1.82, 2.24) is 5.16 Å². The van der Waals surface area contributed by atoms with Gasteiger partial charge in [0.15, 0.2) is 17.3 Å². The molecule has 1 aromatic heterocycles. The van der Waals surface area contributed by atoms with E-state index >= 15 is 0 Å². The zero-order chi connectivity index (χ0) is 22.4. The summed E-state index contributed by atoms with van der Waals surface area (Å²) in [7, 11) is 3.22. The largest absolute Gasteiger partial charge is 0.493 e. The highest BCUT2D eigenvalue weighted by atomic mass is 35.5. The molecule has 1 aliphatic carbocycles. The average Bonchev–Trinajstić information content (AvgIpc) is 3.18. The van der Waals surface area contributed by atoms with Gasteiger partial charge in [0, 0.05) is 28.6 Å². The van der Waals surface area contributed by atoms with E-state index in [1.807, 2.05) is 49.4 Å². The maximum atomic E-state index is 13.6. The van der Waals surface area contributed by atoms with Gasteiger partial charge in [-0.1, -0.05) is 35.0 Å². The molecule has 0 saturated heterocycles. The number of hydrogen-bond acceptors (Lipinski definition) is 6. The van der Waals surface area contributed by atoms with Crippen molar-refractivity contribution < 1.29 is 18.8 Å². The minimum Gasteiger partial charge on any atom is -0.493 e. The van der Waals surface area contributed by atoms with Crippen molar-refractivity contribution in [2.45, 2.75) is 31.6 Å². The van der Waals surface area contributed by atoms with Crippen LogP contribution in [0.4, 0.5) is 5.88 Å². The van der Waals surface area contributed by atoms with Crippen LogP contribution in [0.5, 0.6) is 11.5 Å². The summed E-state index contributed by atoms with van der Waals surface area (Å²) in [6.45, 7) is 1.90. The Morgan fingerprint density at radius 3 is 2.47 bits per heavy atom. The lowest BCUT2D eigenvalue weighted by Gasteiger charge is -2.34.